The molecule has 2 aliphatic heterocycles. The zero-order valence-corrected chi connectivity index (χ0v) is 26.3. The lowest BCUT2D eigenvalue weighted by molar-refractivity contribution is 0.102. The van der Waals surface area contributed by atoms with Gasteiger partial charge < -0.3 is 15.0 Å². The SMILES string of the molecule is CN1CCC(CN2CCc3c(ncnc3Oc3ccc(NC(=O)c4cn(CC5CC5)c(=O)n(-c5ccc(F)cc5)c4=O)nc3)C2)CC1. The minimum atomic E-state index is -0.801. The molecular weight excluding hydrogens is 603 g/mol. The van der Waals surface area contributed by atoms with Gasteiger partial charge in [-0.2, -0.15) is 0 Å². The van der Waals surface area contributed by atoms with Gasteiger partial charge in [0.1, 0.15) is 29.3 Å². The van der Waals surface area contributed by atoms with E-state index in [-0.39, 0.29) is 17.1 Å². The Balaban J connectivity index is 1.04. The van der Waals surface area contributed by atoms with E-state index >= 15 is 0 Å². The van der Waals surface area contributed by atoms with Gasteiger partial charge in [0, 0.05) is 37.9 Å². The molecule has 0 radical (unpaired) electrons. The van der Waals surface area contributed by atoms with Crippen LogP contribution in [0.4, 0.5) is 10.2 Å². The van der Waals surface area contributed by atoms with Crippen LogP contribution in [0.2, 0.25) is 0 Å². The number of nitrogens with zero attached hydrogens (tertiary/aromatic N) is 7. The minimum absolute atomic E-state index is 0.178. The molecule has 0 spiro atoms. The van der Waals surface area contributed by atoms with E-state index in [1.54, 1.807) is 12.1 Å². The average Bonchev–Trinajstić information content (AvgIpc) is 3.89. The highest BCUT2D eigenvalue weighted by Gasteiger charge is 2.27. The summed E-state index contributed by atoms with van der Waals surface area (Å²) in [4.78, 5) is 58.1. The van der Waals surface area contributed by atoms with E-state index in [1.807, 2.05) is 0 Å². The Hall–Kier alpha value is -4.75. The predicted octanol–water partition coefficient (Wildman–Crippen LogP) is 3.48. The second-order valence-corrected chi connectivity index (χ2v) is 12.8. The lowest BCUT2D eigenvalue weighted by Crippen LogP contribution is -2.42. The molecule has 3 aromatic heterocycles. The van der Waals surface area contributed by atoms with Gasteiger partial charge in [-0.15, -0.1) is 0 Å². The second-order valence-electron chi connectivity index (χ2n) is 12.8. The zero-order chi connectivity index (χ0) is 32.5. The first-order valence-corrected chi connectivity index (χ1v) is 16.1. The molecule has 5 heterocycles. The minimum Gasteiger partial charge on any atom is -0.437 e. The molecule has 47 heavy (non-hydrogen) atoms. The molecule has 2 fully saturated rings. The number of pyridine rings is 1. The molecule has 1 saturated heterocycles. The van der Waals surface area contributed by atoms with Crippen molar-refractivity contribution in [2.75, 3.05) is 38.5 Å². The molecule has 13 heteroatoms. The Labute approximate surface area is 270 Å². The number of carbonyl (C=O) groups excluding carboxylic acids is 1. The van der Waals surface area contributed by atoms with E-state index < -0.39 is 23.0 Å². The van der Waals surface area contributed by atoms with Crippen LogP contribution in [0.5, 0.6) is 11.6 Å². The van der Waals surface area contributed by atoms with Crippen molar-refractivity contribution >= 4 is 11.7 Å². The number of piperidine rings is 1. The van der Waals surface area contributed by atoms with Crippen molar-refractivity contribution < 1.29 is 13.9 Å². The second kappa shape index (κ2) is 13.2. The summed E-state index contributed by atoms with van der Waals surface area (Å²) in [7, 11) is 2.18. The number of halogens is 1. The van der Waals surface area contributed by atoms with Gasteiger partial charge in [0.2, 0.25) is 5.88 Å². The number of hydrogen-bond acceptors (Lipinski definition) is 9. The van der Waals surface area contributed by atoms with Crippen LogP contribution in [0.25, 0.3) is 5.69 Å². The summed E-state index contributed by atoms with van der Waals surface area (Å²) in [5, 5.41) is 2.66. The fraction of sp³-hybridized carbons (Fsp3) is 0.412. The smallest absolute Gasteiger partial charge is 0.335 e. The summed E-state index contributed by atoms with van der Waals surface area (Å²) in [5.74, 6) is 0.926. The number of anilines is 1. The first-order valence-electron chi connectivity index (χ1n) is 16.1. The fourth-order valence-electron chi connectivity index (χ4n) is 6.33. The van der Waals surface area contributed by atoms with Gasteiger partial charge >= 0.3 is 5.69 Å². The highest BCUT2D eigenvalue weighted by Crippen LogP contribution is 2.31. The number of benzene rings is 1. The largest absolute Gasteiger partial charge is 0.437 e. The molecule has 1 aliphatic carbocycles. The summed E-state index contributed by atoms with van der Waals surface area (Å²) in [6.07, 6.45) is 9.47. The number of rotatable bonds is 9. The Morgan fingerprint density at radius 1 is 0.957 bits per heavy atom. The first-order chi connectivity index (χ1) is 22.8. The monoisotopic (exact) mass is 640 g/mol. The molecule has 1 aromatic carbocycles. The molecule has 0 unspecified atom stereocenters. The molecule has 244 valence electrons. The summed E-state index contributed by atoms with van der Waals surface area (Å²) in [6.45, 7) is 5.44. The first kappa shape index (κ1) is 30.9. The van der Waals surface area contributed by atoms with Gasteiger partial charge in [0.05, 0.1) is 17.6 Å². The molecule has 1 N–H and O–H groups in total. The van der Waals surface area contributed by atoms with Crippen LogP contribution < -0.4 is 21.3 Å². The van der Waals surface area contributed by atoms with Crippen molar-refractivity contribution in [1.82, 2.24) is 33.9 Å². The summed E-state index contributed by atoms with van der Waals surface area (Å²) in [5.41, 5.74) is 0.529. The van der Waals surface area contributed by atoms with Gasteiger partial charge in [-0.25, -0.2) is 28.7 Å². The number of ether oxygens (including phenoxy) is 1. The van der Waals surface area contributed by atoms with E-state index in [9.17, 15) is 18.8 Å². The number of amides is 1. The topological polar surface area (TPSA) is 127 Å². The predicted molar refractivity (Wildman–Crippen MR) is 172 cm³/mol. The maximum atomic E-state index is 13.6. The number of fused-ring (bicyclic) bond motifs is 1. The third-order valence-corrected chi connectivity index (χ3v) is 9.23. The summed E-state index contributed by atoms with van der Waals surface area (Å²) >= 11 is 0. The van der Waals surface area contributed by atoms with E-state index in [0.29, 0.717) is 30.0 Å². The number of likely N-dealkylation sites (tertiary alicyclic amines) is 1. The van der Waals surface area contributed by atoms with Crippen molar-refractivity contribution in [3.63, 3.8) is 0 Å². The van der Waals surface area contributed by atoms with E-state index in [1.165, 1.54) is 48.3 Å². The molecule has 4 aromatic rings. The van der Waals surface area contributed by atoms with E-state index in [0.717, 1.165) is 79.9 Å². The van der Waals surface area contributed by atoms with E-state index in [4.69, 9.17) is 4.74 Å². The maximum Gasteiger partial charge on any atom is 0.335 e. The van der Waals surface area contributed by atoms with Crippen molar-refractivity contribution in [1.29, 1.82) is 0 Å². The highest BCUT2D eigenvalue weighted by molar-refractivity contribution is 6.03. The molecule has 3 aliphatic rings. The van der Waals surface area contributed by atoms with Gasteiger partial charge in [-0.1, -0.05) is 0 Å². The Morgan fingerprint density at radius 2 is 1.72 bits per heavy atom. The molecule has 0 bridgehead atoms. The van der Waals surface area contributed by atoms with Crippen LogP contribution in [0.15, 0.2) is 64.7 Å². The molecule has 0 atom stereocenters. The molecule has 1 amide bonds. The molecule has 1 saturated carbocycles. The van der Waals surface area contributed by atoms with Gasteiger partial charge in [0.15, 0.2) is 0 Å². The van der Waals surface area contributed by atoms with Gasteiger partial charge in [0.25, 0.3) is 11.5 Å². The van der Waals surface area contributed by atoms with Crippen molar-refractivity contribution in [3.8, 4) is 17.3 Å². The number of aromatic nitrogens is 5. The van der Waals surface area contributed by atoms with Crippen LogP contribution >= 0.6 is 0 Å². The van der Waals surface area contributed by atoms with Crippen LogP contribution in [0, 0.1) is 17.7 Å². The van der Waals surface area contributed by atoms with Crippen molar-refractivity contribution in [3.05, 3.63) is 98.6 Å². The Kier molecular flexibility index (Phi) is 8.65. The Bertz CT molecular complexity index is 1880. The van der Waals surface area contributed by atoms with Crippen LogP contribution in [-0.4, -0.2) is 73.0 Å². The van der Waals surface area contributed by atoms with Crippen molar-refractivity contribution in [2.45, 2.75) is 45.2 Å². The third kappa shape index (κ3) is 7.00. The Morgan fingerprint density at radius 3 is 2.45 bits per heavy atom. The lowest BCUT2D eigenvalue weighted by Gasteiger charge is -2.35. The molecule has 12 nitrogen and oxygen atoms in total. The quantitative estimate of drug-likeness (QED) is 0.293. The molecule has 7 rings (SSSR count). The number of carbonyl (C=O) groups is 1. The third-order valence-electron chi connectivity index (χ3n) is 9.23. The highest BCUT2D eigenvalue weighted by atomic mass is 19.1. The van der Waals surface area contributed by atoms with Gasteiger partial charge in [-0.3, -0.25) is 19.1 Å². The van der Waals surface area contributed by atoms with Crippen LogP contribution in [0.3, 0.4) is 0 Å². The molecular formula is C34H37FN8O4. The van der Waals surface area contributed by atoms with Crippen LogP contribution in [0.1, 0.15) is 47.3 Å². The van der Waals surface area contributed by atoms with Gasteiger partial charge in [-0.05, 0) is 100 Å². The number of nitrogens with one attached hydrogen (secondary N) is 1. The van der Waals surface area contributed by atoms with Crippen molar-refractivity contribution in [2.24, 2.45) is 11.8 Å². The van der Waals surface area contributed by atoms with Crippen LogP contribution in [-0.2, 0) is 19.5 Å². The zero-order valence-electron chi connectivity index (χ0n) is 26.3. The normalized spacial score (nSPS) is 17.3. The fourth-order valence-corrected chi connectivity index (χ4v) is 6.33. The summed E-state index contributed by atoms with van der Waals surface area (Å²) < 4.78 is 22.0. The number of hydrogen-bond donors (Lipinski definition) is 1. The lowest BCUT2D eigenvalue weighted by atomic mass is 9.95. The maximum absolute atomic E-state index is 13.6. The van der Waals surface area contributed by atoms with E-state index in [2.05, 4.69) is 37.1 Å². The standard InChI is InChI=1S/C34H37FN8O4/c1-40-13-10-23(11-14-40)17-41-15-12-27-29(20-41)37-21-38-32(27)47-26-8-9-30(36-16-26)39-31(44)28-19-42(18-22-2-3-22)34(46)43(33(28)45)25-6-4-24(35)5-7-25/h4-9,16,19,21-23H,2-3,10-15,17-18,20H2,1H3,(H,36,39,44). The summed E-state index contributed by atoms with van der Waals surface area (Å²) in [6, 6.07) is 8.23. The average molecular weight is 641 g/mol.